The van der Waals surface area contributed by atoms with E-state index >= 15 is 0 Å². The minimum absolute atomic E-state index is 0.238. The first-order valence-corrected chi connectivity index (χ1v) is 6.77. The van der Waals surface area contributed by atoms with Gasteiger partial charge in [-0.15, -0.1) is 6.58 Å². The highest BCUT2D eigenvalue weighted by molar-refractivity contribution is 6.30. The summed E-state index contributed by atoms with van der Waals surface area (Å²) in [6.45, 7) is 5.27. The zero-order chi connectivity index (χ0) is 12.8. The van der Waals surface area contributed by atoms with Gasteiger partial charge in [0.2, 0.25) is 0 Å². The third kappa shape index (κ3) is 3.84. The lowest BCUT2D eigenvalue weighted by molar-refractivity contribution is -0.206. The highest BCUT2D eigenvalue weighted by atomic mass is 35.5. The molecule has 1 aliphatic rings. The fourth-order valence-electron chi connectivity index (χ4n) is 2.07. The zero-order valence-corrected chi connectivity index (χ0v) is 11.2. The summed E-state index contributed by atoms with van der Waals surface area (Å²) in [5, 5.41) is 0.733. The van der Waals surface area contributed by atoms with E-state index in [1.54, 1.807) is 0 Å². The monoisotopic (exact) mass is 266 g/mol. The van der Waals surface area contributed by atoms with Crippen LogP contribution < -0.4 is 0 Å². The Morgan fingerprint density at radius 2 is 1.89 bits per heavy atom. The van der Waals surface area contributed by atoms with Crippen LogP contribution in [0.2, 0.25) is 5.02 Å². The van der Waals surface area contributed by atoms with E-state index in [0.29, 0.717) is 5.92 Å². The average Bonchev–Trinajstić information content (AvgIpc) is 2.41. The van der Waals surface area contributed by atoms with Crippen molar-refractivity contribution in [1.82, 2.24) is 0 Å². The molecule has 1 fully saturated rings. The Hall–Kier alpha value is -0.830. The van der Waals surface area contributed by atoms with E-state index in [1.165, 1.54) is 0 Å². The molecule has 0 unspecified atom stereocenters. The molecule has 0 amide bonds. The molecule has 98 valence electrons. The summed E-state index contributed by atoms with van der Waals surface area (Å²) >= 11 is 5.86. The Bertz CT molecular complexity index is 367. The molecule has 18 heavy (non-hydrogen) atoms. The van der Waals surface area contributed by atoms with Crippen molar-refractivity contribution in [3.05, 3.63) is 47.5 Å². The zero-order valence-electron chi connectivity index (χ0n) is 10.5. The number of allylic oxidation sites excluding steroid dienone is 1. The van der Waals surface area contributed by atoms with E-state index < -0.39 is 0 Å². The molecule has 0 aliphatic carbocycles. The summed E-state index contributed by atoms with van der Waals surface area (Å²) in [6, 6.07) is 7.62. The van der Waals surface area contributed by atoms with Crippen LogP contribution in [-0.2, 0) is 9.47 Å². The molecule has 1 aromatic carbocycles. The van der Waals surface area contributed by atoms with E-state index in [0.717, 1.165) is 43.1 Å². The van der Waals surface area contributed by atoms with Crippen molar-refractivity contribution in [1.29, 1.82) is 0 Å². The van der Waals surface area contributed by atoms with Gasteiger partial charge < -0.3 is 9.47 Å². The molecule has 0 spiro atoms. The van der Waals surface area contributed by atoms with E-state index in [9.17, 15) is 0 Å². The summed E-state index contributed by atoms with van der Waals surface area (Å²) in [5.74, 6) is 0.508. The molecule has 0 radical (unpaired) electrons. The first-order chi connectivity index (χ1) is 8.79. The van der Waals surface area contributed by atoms with Crippen LogP contribution in [0.3, 0.4) is 0 Å². The molecule has 0 atom stereocenters. The third-order valence-electron chi connectivity index (χ3n) is 3.13. The molecular weight excluding hydrogens is 248 g/mol. The van der Waals surface area contributed by atoms with Crippen LogP contribution in [0.15, 0.2) is 36.9 Å². The van der Waals surface area contributed by atoms with Crippen molar-refractivity contribution in [3.63, 3.8) is 0 Å². The van der Waals surface area contributed by atoms with Crippen molar-refractivity contribution in [2.75, 3.05) is 13.2 Å². The van der Waals surface area contributed by atoms with Crippen molar-refractivity contribution in [3.8, 4) is 0 Å². The Kier molecular flexibility index (Phi) is 5.24. The van der Waals surface area contributed by atoms with E-state index in [1.807, 2.05) is 30.3 Å². The maximum absolute atomic E-state index is 5.86. The summed E-state index contributed by atoms with van der Waals surface area (Å²) in [6.07, 6.45) is 5.09. The standard InChI is InChI=1S/C15H19ClO2/c1-2-3-4-5-12-10-17-15(18-11-12)13-6-8-14(16)9-7-13/h2,6-9,12,15H,1,3-5,10-11H2. The Morgan fingerprint density at radius 1 is 1.22 bits per heavy atom. The molecule has 1 saturated heterocycles. The maximum atomic E-state index is 5.86. The molecular formula is C15H19ClO2. The van der Waals surface area contributed by atoms with Crippen LogP contribution in [-0.4, -0.2) is 13.2 Å². The van der Waals surface area contributed by atoms with Crippen molar-refractivity contribution in [2.24, 2.45) is 5.92 Å². The summed E-state index contributed by atoms with van der Waals surface area (Å²) in [7, 11) is 0. The first kappa shape index (κ1) is 13.6. The van der Waals surface area contributed by atoms with Crippen molar-refractivity contribution < 1.29 is 9.47 Å². The van der Waals surface area contributed by atoms with Crippen LogP contribution in [0.1, 0.15) is 31.1 Å². The first-order valence-electron chi connectivity index (χ1n) is 6.39. The van der Waals surface area contributed by atoms with Gasteiger partial charge >= 0.3 is 0 Å². The minimum Gasteiger partial charge on any atom is -0.348 e. The van der Waals surface area contributed by atoms with Gasteiger partial charge in [-0.3, -0.25) is 0 Å². The molecule has 1 aromatic rings. The lowest BCUT2D eigenvalue weighted by atomic mass is 10.0. The molecule has 0 saturated carbocycles. The molecule has 2 rings (SSSR count). The number of hydrogen-bond donors (Lipinski definition) is 0. The maximum Gasteiger partial charge on any atom is 0.183 e. The second kappa shape index (κ2) is 6.93. The molecule has 1 heterocycles. The number of ether oxygens (including phenoxy) is 2. The SMILES string of the molecule is C=CCCCC1COC(c2ccc(Cl)cc2)OC1. The predicted octanol–water partition coefficient (Wildman–Crippen LogP) is 4.36. The van der Waals surface area contributed by atoms with Crippen LogP contribution >= 0.6 is 11.6 Å². The molecule has 0 N–H and O–H groups in total. The van der Waals surface area contributed by atoms with Crippen LogP contribution in [0.25, 0.3) is 0 Å². The number of unbranched alkanes of at least 4 members (excludes halogenated alkanes) is 1. The largest absolute Gasteiger partial charge is 0.348 e. The van der Waals surface area contributed by atoms with E-state index in [-0.39, 0.29) is 6.29 Å². The topological polar surface area (TPSA) is 18.5 Å². The van der Waals surface area contributed by atoms with Gasteiger partial charge in [0.1, 0.15) is 0 Å². The lowest BCUT2D eigenvalue weighted by Crippen LogP contribution is -2.27. The quantitative estimate of drug-likeness (QED) is 0.582. The van der Waals surface area contributed by atoms with E-state index in [4.69, 9.17) is 21.1 Å². The van der Waals surface area contributed by atoms with Crippen LogP contribution in [0.4, 0.5) is 0 Å². The lowest BCUT2D eigenvalue weighted by Gasteiger charge is -2.29. The molecule has 0 bridgehead atoms. The predicted molar refractivity (Wildman–Crippen MR) is 73.6 cm³/mol. The van der Waals surface area contributed by atoms with Gasteiger partial charge in [-0.05, 0) is 31.4 Å². The van der Waals surface area contributed by atoms with Gasteiger partial charge in [-0.1, -0.05) is 29.8 Å². The number of halogens is 1. The highest BCUT2D eigenvalue weighted by Gasteiger charge is 2.22. The van der Waals surface area contributed by atoms with Gasteiger partial charge in [-0.25, -0.2) is 0 Å². The van der Waals surface area contributed by atoms with Gasteiger partial charge in [-0.2, -0.15) is 0 Å². The summed E-state index contributed by atoms with van der Waals surface area (Å²) < 4.78 is 11.5. The van der Waals surface area contributed by atoms with Gasteiger partial charge in [0.05, 0.1) is 13.2 Å². The summed E-state index contributed by atoms with van der Waals surface area (Å²) in [4.78, 5) is 0. The highest BCUT2D eigenvalue weighted by Crippen LogP contribution is 2.27. The van der Waals surface area contributed by atoms with Gasteiger partial charge in [0.25, 0.3) is 0 Å². The van der Waals surface area contributed by atoms with Crippen molar-refractivity contribution >= 4 is 11.6 Å². The smallest absolute Gasteiger partial charge is 0.183 e. The van der Waals surface area contributed by atoms with Gasteiger partial charge in [0.15, 0.2) is 6.29 Å². The fourth-order valence-corrected chi connectivity index (χ4v) is 2.20. The molecule has 1 aliphatic heterocycles. The Morgan fingerprint density at radius 3 is 2.50 bits per heavy atom. The van der Waals surface area contributed by atoms with Crippen molar-refractivity contribution in [2.45, 2.75) is 25.6 Å². The third-order valence-corrected chi connectivity index (χ3v) is 3.38. The van der Waals surface area contributed by atoms with Crippen LogP contribution in [0.5, 0.6) is 0 Å². The van der Waals surface area contributed by atoms with Gasteiger partial charge in [0, 0.05) is 16.5 Å². The molecule has 0 aromatic heterocycles. The fraction of sp³-hybridized carbons (Fsp3) is 0.467. The number of hydrogen-bond acceptors (Lipinski definition) is 2. The second-order valence-corrected chi connectivity index (χ2v) is 5.07. The normalized spacial score (nSPS) is 23.8. The average molecular weight is 267 g/mol. The molecule has 3 heteroatoms. The number of rotatable bonds is 5. The van der Waals surface area contributed by atoms with Crippen LogP contribution in [0, 0.1) is 5.92 Å². The molecule has 2 nitrogen and oxygen atoms in total. The van der Waals surface area contributed by atoms with E-state index in [2.05, 4.69) is 6.58 Å². The number of benzene rings is 1. The Labute approximate surface area is 114 Å². The summed E-state index contributed by atoms with van der Waals surface area (Å²) in [5.41, 5.74) is 1.03. The minimum atomic E-state index is -0.238. The second-order valence-electron chi connectivity index (χ2n) is 4.64. The Balaban J connectivity index is 1.79.